The maximum Gasteiger partial charge on any atom is 0.250 e. The van der Waals surface area contributed by atoms with E-state index in [2.05, 4.69) is 29.2 Å². The highest BCUT2D eigenvalue weighted by Crippen LogP contribution is 2.41. The number of carbonyl (C=O) groups excluding carboxylic acids is 1. The Hall–Kier alpha value is -1.57. The molecule has 1 saturated heterocycles. The van der Waals surface area contributed by atoms with Crippen LogP contribution < -0.4 is 0 Å². The molecule has 2 aliphatic heterocycles. The van der Waals surface area contributed by atoms with Gasteiger partial charge in [-0.2, -0.15) is 0 Å². The predicted octanol–water partition coefficient (Wildman–Crippen LogP) is 2.78. The van der Waals surface area contributed by atoms with E-state index >= 15 is 0 Å². The van der Waals surface area contributed by atoms with E-state index in [1.165, 1.54) is 29.5 Å². The highest BCUT2D eigenvalue weighted by molar-refractivity contribution is 6.04. The Morgan fingerprint density at radius 1 is 1.11 bits per heavy atom. The van der Waals surface area contributed by atoms with Crippen LogP contribution in [0.4, 0.5) is 0 Å². The second-order valence-electron chi connectivity index (χ2n) is 5.61. The maximum atomic E-state index is 12.5. The van der Waals surface area contributed by atoms with Crippen LogP contribution in [0.1, 0.15) is 36.8 Å². The number of rotatable bonds is 0. The molecule has 0 aromatic heterocycles. The standard InChI is InChI=1S/C16H17NO/c18-16-14-8-7-11-4-1-2-6-13(11)15(14)10-12-5-3-9-17(12)16/h1-2,4,6,12H,3,5,7-10H2. The van der Waals surface area contributed by atoms with Gasteiger partial charge in [0.05, 0.1) is 0 Å². The normalized spacial score (nSPS) is 25.9. The quantitative estimate of drug-likeness (QED) is 0.681. The Kier molecular flexibility index (Phi) is 2.14. The maximum absolute atomic E-state index is 12.5. The summed E-state index contributed by atoms with van der Waals surface area (Å²) in [5.41, 5.74) is 5.23. The molecule has 2 heterocycles. The van der Waals surface area contributed by atoms with E-state index in [-0.39, 0.29) is 0 Å². The van der Waals surface area contributed by atoms with Crippen LogP contribution in [-0.2, 0) is 11.2 Å². The molecule has 2 heteroatoms. The lowest BCUT2D eigenvalue weighted by molar-refractivity contribution is -0.128. The molecule has 1 amide bonds. The Labute approximate surface area is 107 Å². The summed E-state index contributed by atoms with van der Waals surface area (Å²) in [6.07, 6.45) is 5.41. The first kappa shape index (κ1) is 10.4. The zero-order chi connectivity index (χ0) is 12.1. The van der Waals surface area contributed by atoms with Crippen LogP contribution in [0.2, 0.25) is 0 Å². The van der Waals surface area contributed by atoms with Crippen molar-refractivity contribution in [3.63, 3.8) is 0 Å². The minimum absolute atomic E-state index is 0.327. The van der Waals surface area contributed by atoms with Crippen molar-refractivity contribution >= 4 is 11.5 Å². The number of nitrogens with zero attached hydrogens (tertiary/aromatic N) is 1. The molecule has 1 aliphatic carbocycles. The van der Waals surface area contributed by atoms with Crippen LogP contribution in [0.25, 0.3) is 5.57 Å². The number of aryl methyl sites for hydroxylation is 1. The van der Waals surface area contributed by atoms with Gasteiger partial charge in [-0.05, 0) is 48.8 Å². The van der Waals surface area contributed by atoms with Crippen molar-refractivity contribution in [3.8, 4) is 0 Å². The number of amides is 1. The zero-order valence-electron chi connectivity index (χ0n) is 10.5. The summed E-state index contributed by atoms with van der Waals surface area (Å²) >= 11 is 0. The highest BCUT2D eigenvalue weighted by Gasteiger charge is 2.38. The smallest absolute Gasteiger partial charge is 0.250 e. The van der Waals surface area contributed by atoms with E-state index in [1.54, 1.807) is 0 Å². The summed E-state index contributed by atoms with van der Waals surface area (Å²) in [5.74, 6) is 0.327. The molecule has 2 nitrogen and oxygen atoms in total. The van der Waals surface area contributed by atoms with E-state index in [9.17, 15) is 4.79 Å². The van der Waals surface area contributed by atoms with E-state index in [0.717, 1.165) is 31.4 Å². The lowest BCUT2D eigenvalue weighted by Gasteiger charge is -2.36. The van der Waals surface area contributed by atoms with Gasteiger partial charge in [-0.25, -0.2) is 0 Å². The molecule has 0 bridgehead atoms. The first-order valence-corrected chi connectivity index (χ1v) is 6.96. The first-order valence-electron chi connectivity index (χ1n) is 6.96. The van der Waals surface area contributed by atoms with E-state index in [0.29, 0.717) is 11.9 Å². The SMILES string of the molecule is O=C1C2=C(CC3CCCN13)c1ccccc1CC2. The third-order valence-corrected chi connectivity index (χ3v) is 4.69. The van der Waals surface area contributed by atoms with Crippen molar-refractivity contribution in [1.82, 2.24) is 4.90 Å². The average molecular weight is 239 g/mol. The molecule has 1 unspecified atom stereocenters. The van der Waals surface area contributed by atoms with Gasteiger partial charge in [0, 0.05) is 18.2 Å². The Morgan fingerprint density at radius 3 is 2.94 bits per heavy atom. The fraction of sp³-hybridized carbons (Fsp3) is 0.438. The van der Waals surface area contributed by atoms with Crippen molar-refractivity contribution in [3.05, 3.63) is 41.0 Å². The summed E-state index contributed by atoms with van der Waals surface area (Å²) < 4.78 is 0. The Bertz CT molecular complexity index is 558. The minimum atomic E-state index is 0.327. The summed E-state index contributed by atoms with van der Waals surface area (Å²) in [7, 11) is 0. The number of hydrogen-bond donors (Lipinski definition) is 0. The van der Waals surface area contributed by atoms with Crippen molar-refractivity contribution in [2.75, 3.05) is 6.54 Å². The molecule has 0 N–H and O–H groups in total. The van der Waals surface area contributed by atoms with E-state index in [4.69, 9.17) is 0 Å². The second-order valence-corrected chi connectivity index (χ2v) is 5.61. The number of hydrogen-bond acceptors (Lipinski definition) is 1. The average Bonchev–Trinajstić information content (AvgIpc) is 2.87. The van der Waals surface area contributed by atoms with Crippen molar-refractivity contribution in [2.45, 2.75) is 38.1 Å². The molecule has 0 radical (unpaired) electrons. The van der Waals surface area contributed by atoms with Crippen LogP contribution in [0.3, 0.4) is 0 Å². The molecule has 4 rings (SSSR count). The zero-order valence-corrected chi connectivity index (χ0v) is 10.5. The molecule has 0 spiro atoms. The highest BCUT2D eigenvalue weighted by atomic mass is 16.2. The molecule has 1 atom stereocenters. The van der Waals surface area contributed by atoms with Gasteiger partial charge in [-0.3, -0.25) is 4.79 Å². The molecule has 1 aromatic rings. The summed E-state index contributed by atoms with van der Waals surface area (Å²) in [4.78, 5) is 14.6. The number of carbonyl (C=O) groups is 1. The van der Waals surface area contributed by atoms with Crippen molar-refractivity contribution in [2.24, 2.45) is 0 Å². The fourth-order valence-electron chi connectivity index (χ4n) is 3.80. The lowest BCUT2D eigenvalue weighted by atomic mass is 9.80. The van der Waals surface area contributed by atoms with Gasteiger partial charge in [0.15, 0.2) is 0 Å². The molecule has 0 saturated carbocycles. The monoisotopic (exact) mass is 239 g/mol. The molecular formula is C16H17NO. The third-order valence-electron chi connectivity index (χ3n) is 4.69. The van der Waals surface area contributed by atoms with Crippen LogP contribution in [0.5, 0.6) is 0 Å². The molecular weight excluding hydrogens is 222 g/mol. The topological polar surface area (TPSA) is 20.3 Å². The van der Waals surface area contributed by atoms with Gasteiger partial charge in [-0.15, -0.1) is 0 Å². The van der Waals surface area contributed by atoms with Gasteiger partial charge in [0.2, 0.25) is 5.91 Å². The molecule has 1 fully saturated rings. The molecule has 1 aromatic carbocycles. The minimum Gasteiger partial charge on any atom is -0.336 e. The van der Waals surface area contributed by atoms with Crippen molar-refractivity contribution < 1.29 is 4.79 Å². The number of fused-ring (bicyclic) bond motifs is 3. The van der Waals surface area contributed by atoms with Gasteiger partial charge in [0.1, 0.15) is 0 Å². The Balaban J connectivity index is 1.85. The van der Waals surface area contributed by atoms with E-state index in [1.807, 2.05) is 0 Å². The van der Waals surface area contributed by atoms with Crippen LogP contribution in [-0.4, -0.2) is 23.4 Å². The fourth-order valence-corrected chi connectivity index (χ4v) is 3.80. The number of benzene rings is 1. The summed E-state index contributed by atoms with van der Waals surface area (Å²) in [6.45, 7) is 0.974. The first-order chi connectivity index (χ1) is 8.84. The largest absolute Gasteiger partial charge is 0.336 e. The second kappa shape index (κ2) is 3.71. The third kappa shape index (κ3) is 1.32. The molecule has 92 valence electrons. The molecule has 3 aliphatic rings. The van der Waals surface area contributed by atoms with Crippen LogP contribution in [0, 0.1) is 0 Å². The van der Waals surface area contributed by atoms with E-state index < -0.39 is 0 Å². The van der Waals surface area contributed by atoms with Gasteiger partial charge < -0.3 is 4.90 Å². The van der Waals surface area contributed by atoms with Gasteiger partial charge >= 0.3 is 0 Å². The Morgan fingerprint density at radius 2 is 2.00 bits per heavy atom. The lowest BCUT2D eigenvalue weighted by Crippen LogP contribution is -2.41. The van der Waals surface area contributed by atoms with Crippen molar-refractivity contribution in [1.29, 1.82) is 0 Å². The summed E-state index contributed by atoms with van der Waals surface area (Å²) in [6, 6.07) is 9.09. The van der Waals surface area contributed by atoms with Crippen LogP contribution >= 0.6 is 0 Å². The van der Waals surface area contributed by atoms with Gasteiger partial charge in [0.25, 0.3) is 0 Å². The van der Waals surface area contributed by atoms with Crippen LogP contribution in [0.15, 0.2) is 29.8 Å². The molecule has 18 heavy (non-hydrogen) atoms. The summed E-state index contributed by atoms with van der Waals surface area (Å²) in [5, 5.41) is 0. The van der Waals surface area contributed by atoms with Gasteiger partial charge in [-0.1, -0.05) is 24.3 Å². The predicted molar refractivity (Wildman–Crippen MR) is 71.0 cm³/mol.